The van der Waals surface area contributed by atoms with E-state index in [0.29, 0.717) is 0 Å². The van der Waals surface area contributed by atoms with E-state index in [9.17, 15) is 5.11 Å². The lowest BCUT2D eigenvalue weighted by Crippen LogP contribution is -2.13. The second kappa shape index (κ2) is 6.77. The van der Waals surface area contributed by atoms with Gasteiger partial charge in [0.15, 0.2) is 0 Å². The lowest BCUT2D eigenvalue weighted by atomic mass is 9.93. The number of aromatic hydroxyl groups is 1. The number of phenolic OH excluding ortho intramolecular Hbond substituents is 1. The molecule has 5 rings (SSSR count). The average molecular weight is 386 g/mol. The van der Waals surface area contributed by atoms with Crippen molar-refractivity contribution in [1.29, 1.82) is 0 Å². The highest BCUT2D eigenvalue weighted by Crippen LogP contribution is 2.39. The Balaban J connectivity index is 1.65. The lowest BCUT2D eigenvalue weighted by molar-refractivity contribution is 0.475. The van der Waals surface area contributed by atoms with Crippen LogP contribution in [0, 0.1) is 6.92 Å². The van der Waals surface area contributed by atoms with Crippen LogP contribution in [-0.2, 0) is 13.6 Å². The maximum atomic E-state index is 10.3. The number of nitrogens with zero attached hydrogens (tertiary/aromatic N) is 5. The smallest absolute Gasteiger partial charge is 0.138 e. The Morgan fingerprint density at radius 2 is 2.00 bits per heavy atom. The monoisotopic (exact) mass is 386 g/mol. The van der Waals surface area contributed by atoms with E-state index >= 15 is 0 Å². The van der Waals surface area contributed by atoms with E-state index in [4.69, 9.17) is 0 Å². The molecule has 146 valence electrons. The molecule has 1 aliphatic heterocycles. The van der Waals surface area contributed by atoms with Crippen molar-refractivity contribution in [2.45, 2.75) is 25.9 Å². The molecule has 0 amide bonds. The van der Waals surface area contributed by atoms with E-state index in [2.05, 4.69) is 38.9 Å². The van der Waals surface area contributed by atoms with Gasteiger partial charge in [0.25, 0.3) is 0 Å². The number of phenols is 1. The summed E-state index contributed by atoms with van der Waals surface area (Å²) in [5.41, 5.74) is 7.17. The molecule has 7 heteroatoms. The summed E-state index contributed by atoms with van der Waals surface area (Å²) in [7, 11) is 1.92. The van der Waals surface area contributed by atoms with Gasteiger partial charge in [-0.05, 0) is 42.7 Å². The molecule has 0 saturated heterocycles. The molecular formula is C22H22N6O. The number of hydrogen-bond acceptors (Lipinski definition) is 5. The van der Waals surface area contributed by atoms with Crippen LogP contribution in [0.5, 0.6) is 5.75 Å². The molecule has 0 spiro atoms. The van der Waals surface area contributed by atoms with Crippen LogP contribution >= 0.6 is 0 Å². The Hall–Kier alpha value is -3.61. The van der Waals surface area contributed by atoms with E-state index in [1.807, 2.05) is 53.9 Å². The van der Waals surface area contributed by atoms with Crippen LogP contribution in [0.4, 0.5) is 5.69 Å². The Kier molecular flexibility index (Phi) is 4.08. The van der Waals surface area contributed by atoms with Gasteiger partial charge in [0.2, 0.25) is 0 Å². The zero-order valence-electron chi connectivity index (χ0n) is 16.4. The number of hydrogen-bond donors (Lipinski definition) is 2. The minimum absolute atomic E-state index is 0.0241. The van der Waals surface area contributed by atoms with Gasteiger partial charge in [-0.25, -0.2) is 4.68 Å². The highest BCUT2D eigenvalue weighted by atomic mass is 16.3. The summed E-state index contributed by atoms with van der Waals surface area (Å²) in [6.07, 6.45) is 4.72. The van der Waals surface area contributed by atoms with Crippen LogP contribution in [0.25, 0.3) is 22.4 Å². The number of fused-ring (bicyclic) bond motifs is 3. The second-order valence-electron chi connectivity index (χ2n) is 7.45. The molecule has 3 heterocycles. The Morgan fingerprint density at radius 1 is 1.14 bits per heavy atom. The molecule has 2 N–H and O–H groups in total. The fourth-order valence-electron chi connectivity index (χ4n) is 4.05. The molecule has 29 heavy (non-hydrogen) atoms. The standard InChI is InChI=1S/C22H22N6O/c1-14-22-17-8-7-15(16-12-23-27(2)13-16)11-18(17)19(9-10-28(22)26-25-14)24-20-5-3-4-6-21(20)29/h3-8,11-13,19,24,29H,9-10H2,1-2H3. The molecule has 2 aromatic carbocycles. The zero-order chi connectivity index (χ0) is 20.0. The summed E-state index contributed by atoms with van der Waals surface area (Å²) < 4.78 is 3.78. The molecule has 0 bridgehead atoms. The molecule has 0 aliphatic carbocycles. The first kappa shape index (κ1) is 17.5. The lowest BCUT2D eigenvalue weighted by Gasteiger charge is -2.22. The number of anilines is 1. The normalized spacial score (nSPS) is 15.4. The molecule has 1 unspecified atom stereocenters. The topological polar surface area (TPSA) is 80.8 Å². The van der Waals surface area contributed by atoms with Crippen LogP contribution in [-0.4, -0.2) is 29.9 Å². The Bertz CT molecular complexity index is 1190. The van der Waals surface area contributed by atoms with Gasteiger partial charge in [0.05, 0.1) is 29.3 Å². The van der Waals surface area contributed by atoms with Crippen LogP contribution in [0.1, 0.15) is 23.7 Å². The first-order chi connectivity index (χ1) is 14.1. The van der Waals surface area contributed by atoms with Gasteiger partial charge in [-0.1, -0.05) is 29.5 Å². The summed E-state index contributed by atoms with van der Waals surface area (Å²) in [5.74, 6) is 0.247. The molecule has 0 fully saturated rings. The molecular weight excluding hydrogens is 364 g/mol. The number of aromatic nitrogens is 5. The predicted octanol–water partition coefficient (Wildman–Crippen LogP) is 3.92. The second-order valence-corrected chi connectivity index (χ2v) is 7.45. The number of benzene rings is 2. The summed E-state index contributed by atoms with van der Waals surface area (Å²) >= 11 is 0. The fourth-order valence-corrected chi connectivity index (χ4v) is 4.05. The Labute approximate surface area is 168 Å². The molecule has 0 radical (unpaired) electrons. The van der Waals surface area contributed by atoms with Crippen molar-refractivity contribution in [2.24, 2.45) is 7.05 Å². The van der Waals surface area contributed by atoms with Gasteiger partial charge < -0.3 is 10.4 Å². The largest absolute Gasteiger partial charge is 0.506 e. The first-order valence-corrected chi connectivity index (χ1v) is 9.68. The summed E-state index contributed by atoms with van der Waals surface area (Å²) in [6, 6.07) is 13.8. The average Bonchev–Trinajstić information content (AvgIpc) is 3.27. The SMILES string of the molecule is Cc1nnn2c1-c1ccc(-c3cnn(C)c3)cc1C(Nc1ccccc1O)CC2. The van der Waals surface area contributed by atoms with E-state index in [-0.39, 0.29) is 11.8 Å². The maximum absolute atomic E-state index is 10.3. The van der Waals surface area contributed by atoms with Gasteiger partial charge in [0, 0.05) is 30.9 Å². The van der Waals surface area contributed by atoms with E-state index in [1.165, 1.54) is 5.56 Å². The summed E-state index contributed by atoms with van der Waals surface area (Å²) in [4.78, 5) is 0. The van der Waals surface area contributed by atoms with Crippen molar-refractivity contribution in [3.63, 3.8) is 0 Å². The highest BCUT2D eigenvalue weighted by molar-refractivity contribution is 5.74. The Morgan fingerprint density at radius 3 is 2.79 bits per heavy atom. The van der Waals surface area contributed by atoms with Gasteiger partial charge in [-0.15, -0.1) is 5.10 Å². The summed E-state index contributed by atoms with van der Waals surface area (Å²) in [6.45, 7) is 2.74. The van der Waals surface area contributed by atoms with Gasteiger partial charge >= 0.3 is 0 Å². The van der Waals surface area contributed by atoms with Crippen LogP contribution in [0.2, 0.25) is 0 Å². The van der Waals surface area contributed by atoms with Crippen molar-refractivity contribution < 1.29 is 5.11 Å². The fraction of sp³-hybridized carbons (Fsp3) is 0.227. The van der Waals surface area contributed by atoms with Gasteiger partial charge in [-0.3, -0.25) is 4.68 Å². The number of aryl methyl sites for hydroxylation is 3. The van der Waals surface area contributed by atoms with Crippen molar-refractivity contribution >= 4 is 5.69 Å². The van der Waals surface area contributed by atoms with Crippen LogP contribution in [0.15, 0.2) is 54.9 Å². The van der Waals surface area contributed by atoms with E-state index in [1.54, 1.807) is 6.07 Å². The summed E-state index contributed by atoms with van der Waals surface area (Å²) in [5, 5.41) is 26.7. The van der Waals surface area contributed by atoms with Crippen LogP contribution < -0.4 is 5.32 Å². The number of para-hydroxylation sites is 2. The van der Waals surface area contributed by atoms with Crippen molar-refractivity contribution in [1.82, 2.24) is 24.8 Å². The minimum atomic E-state index is 0.0241. The maximum Gasteiger partial charge on any atom is 0.138 e. The van der Waals surface area contributed by atoms with E-state index < -0.39 is 0 Å². The minimum Gasteiger partial charge on any atom is -0.506 e. The van der Waals surface area contributed by atoms with E-state index in [0.717, 1.165) is 46.7 Å². The number of rotatable bonds is 3. The molecule has 1 aliphatic rings. The van der Waals surface area contributed by atoms with Crippen LogP contribution in [0.3, 0.4) is 0 Å². The predicted molar refractivity (Wildman–Crippen MR) is 111 cm³/mol. The molecule has 2 aromatic heterocycles. The van der Waals surface area contributed by atoms with Crippen molar-refractivity contribution in [3.8, 4) is 28.1 Å². The van der Waals surface area contributed by atoms with Gasteiger partial charge in [0.1, 0.15) is 5.75 Å². The molecule has 4 aromatic rings. The van der Waals surface area contributed by atoms with Crippen molar-refractivity contribution in [2.75, 3.05) is 5.32 Å². The first-order valence-electron chi connectivity index (χ1n) is 9.68. The molecule has 0 saturated carbocycles. The third-order valence-corrected chi connectivity index (χ3v) is 5.49. The number of nitrogens with one attached hydrogen (secondary N) is 1. The molecule has 1 atom stereocenters. The van der Waals surface area contributed by atoms with Gasteiger partial charge in [-0.2, -0.15) is 5.10 Å². The highest BCUT2D eigenvalue weighted by Gasteiger charge is 2.26. The quantitative estimate of drug-likeness (QED) is 0.522. The third-order valence-electron chi connectivity index (χ3n) is 5.49. The zero-order valence-corrected chi connectivity index (χ0v) is 16.4. The third kappa shape index (κ3) is 3.04. The van der Waals surface area contributed by atoms with Crippen molar-refractivity contribution in [3.05, 3.63) is 66.1 Å². The molecule has 7 nitrogen and oxygen atoms in total.